The molecule has 0 radical (unpaired) electrons. The zero-order chi connectivity index (χ0) is 11.4. The molecule has 2 nitrogen and oxygen atoms in total. The minimum atomic E-state index is -0.509. The fraction of sp³-hybridized carbons (Fsp3) is 0.154. The van der Waals surface area contributed by atoms with Crippen molar-refractivity contribution in [2.24, 2.45) is 0 Å². The van der Waals surface area contributed by atoms with E-state index in [-0.39, 0.29) is 5.75 Å². The number of benzene rings is 2. The first-order chi connectivity index (χ1) is 7.75. The fourth-order valence-corrected chi connectivity index (χ4v) is 2.29. The van der Waals surface area contributed by atoms with Gasteiger partial charge in [0, 0.05) is 11.5 Å². The van der Waals surface area contributed by atoms with Crippen LogP contribution in [0.15, 0.2) is 42.5 Å². The van der Waals surface area contributed by atoms with Crippen molar-refractivity contribution in [3.8, 4) is 0 Å². The van der Waals surface area contributed by atoms with Gasteiger partial charge < -0.3 is 10.5 Å². The number of thioether (sulfide) groups is 1. The largest absolute Gasteiger partial charge is 0.862 e. The van der Waals surface area contributed by atoms with Crippen LogP contribution >= 0.6 is 11.8 Å². The molecule has 0 aliphatic carbocycles. The minimum absolute atomic E-state index is 0.271. The maximum Gasteiger partial charge on any atom is 0.0212 e. The number of rotatable bonds is 4. The Hall–Kier alpha value is -1.48. The highest BCUT2D eigenvalue weighted by atomic mass is 32.2. The van der Waals surface area contributed by atoms with Crippen LogP contribution < -0.4 is 5.11 Å². The van der Waals surface area contributed by atoms with E-state index in [9.17, 15) is 5.11 Å². The standard InChI is InChI=1S/C13H13NOS/c14-13(15)9-16-8-10-5-6-11-3-1-2-4-12(11)7-10/h1-7H,8-9H2,(H2,14,15)/p-1. The summed E-state index contributed by atoms with van der Waals surface area (Å²) in [7, 11) is 0. The van der Waals surface area contributed by atoms with Crippen LogP contribution in [0.5, 0.6) is 0 Å². The van der Waals surface area contributed by atoms with E-state index < -0.39 is 5.90 Å². The summed E-state index contributed by atoms with van der Waals surface area (Å²) >= 11 is 1.49. The summed E-state index contributed by atoms with van der Waals surface area (Å²) in [5.74, 6) is 0.549. The zero-order valence-corrected chi connectivity index (χ0v) is 9.59. The van der Waals surface area contributed by atoms with Crippen molar-refractivity contribution in [1.82, 2.24) is 0 Å². The summed E-state index contributed by atoms with van der Waals surface area (Å²) < 4.78 is 0. The predicted octanol–water partition coefficient (Wildman–Crippen LogP) is 2.41. The maximum atomic E-state index is 10.5. The molecule has 16 heavy (non-hydrogen) atoms. The van der Waals surface area contributed by atoms with Gasteiger partial charge in [0.1, 0.15) is 0 Å². The van der Waals surface area contributed by atoms with Crippen molar-refractivity contribution in [3.05, 3.63) is 48.0 Å². The van der Waals surface area contributed by atoms with Crippen molar-refractivity contribution >= 4 is 28.4 Å². The Morgan fingerprint density at radius 1 is 1.12 bits per heavy atom. The Labute approximate surface area is 98.8 Å². The Morgan fingerprint density at radius 2 is 1.88 bits per heavy atom. The summed E-state index contributed by atoms with van der Waals surface area (Å²) in [6.45, 7) is 0. The predicted molar refractivity (Wildman–Crippen MR) is 67.8 cm³/mol. The van der Waals surface area contributed by atoms with Gasteiger partial charge in [-0.3, -0.25) is 0 Å². The summed E-state index contributed by atoms with van der Waals surface area (Å²) in [6.07, 6.45) is 0. The highest BCUT2D eigenvalue weighted by Crippen LogP contribution is 2.19. The van der Waals surface area contributed by atoms with Crippen molar-refractivity contribution in [1.29, 1.82) is 5.41 Å². The Kier molecular flexibility index (Phi) is 3.47. The molecule has 0 saturated heterocycles. The van der Waals surface area contributed by atoms with E-state index >= 15 is 0 Å². The van der Waals surface area contributed by atoms with Gasteiger partial charge >= 0.3 is 0 Å². The van der Waals surface area contributed by atoms with E-state index in [0.29, 0.717) is 0 Å². The van der Waals surface area contributed by atoms with Crippen LogP contribution in [0.3, 0.4) is 0 Å². The first-order valence-corrected chi connectivity index (χ1v) is 6.21. The normalized spacial score (nSPS) is 10.5. The Morgan fingerprint density at radius 3 is 2.62 bits per heavy atom. The number of hydrogen-bond acceptors (Lipinski definition) is 3. The number of hydrogen-bond donors (Lipinski definition) is 1. The zero-order valence-electron chi connectivity index (χ0n) is 8.77. The van der Waals surface area contributed by atoms with Crippen LogP contribution in [0.4, 0.5) is 0 Å². The van der Waals surface area contributed by atoms with Gasteiger partial charge in [0.25, 0.3) is 0 Å². The third-order valence-electron chi connectivity index (χ3n) is 2.32. The molecule has 82 valence electrons. The molecule has 1 N–H and O–H groups in total. The highest BCUT2D eigenvalue weighted by Gasteiger charge is 1.96. The molecular weight excluding hydrogens is 218 g/mol. The van der Waals surface area contributed by atoms with Crippen LogP contribution in [-0.4, -0.2) is 11.7 Å². The van der Waals surface area contributed by atoms with E-state index in [0.717, 1.165) is 5.75 Å². The Bertz CT molecular complexity index is 510. The fourth-order valence-electron chi connectivity index (χ4n) is 1.59. The summed E-state index contributed by atoms with van der Waals surface area (Å²) in [4.78, 5) is 0. The van der Waals surface area contributed by atoms with Gasteiger partial charge in [0.2, 0.25) is 0 Å². The first-order valence-electron chi connectivity index (χ1n) is 5.05. The van der Waals surface area contributed by atoms with Crippen molar-refractivity contribution in [2.75, 3.05) is 5.75 Å². The summed E-state index contributed by atoms with van der Waals surface area (Å²) in [5.41, 5.74) is 1.20. The number of fused-ring (bicyclic) bond motifs is 1. The summed E-state index contributed by atoms with van der Waals surface area (Å²) in [5, 5.41) is 19.8. The van der Waals surface area contributed by atoms with Gasteiger partial charge in [-0.05, 0) is 22.2 Å². The molecule has 0 heterocycles. The average Bonchev–Trinajstić information content (AvgIpc) is 2.28. The van der Waals surface area contributed by atoms with E-state index in [4.69, 9.17) is 5.41 Å². The van der Waals surface area contributed by atoms with Crippen LogP contribution in [0.2, 0.25) is 0 Å². The molecule has 2 aromatic carbocycles. The molecule has 0 spiro atoms. The van der Waals surface area contributed by atoms with Crippen LogP contribution in [0, 0.1) is 5.41 Å². The second kappa shape index (κ2) is 5.03. The van der Waals surface area contributed by atoms with Gasteiger partial charge in [-0.2, -0.15) is 11.8 Å². The highest BCUT2D eigenvalue weighted by molar-refractivity contribution is 7.99. The van der Waals surface area contributed by atoms with E-state index in [1.165, 1.54) is 28.1 Å². The lowest BCUT2D eigenvalue weighted by Crippen LogP contribution is -2.17. The molecule has 3 heteroatoms. The second-order valence-corrected chi connectivity index (χ2v) is 4.58. The van der Waals surface area contributed by atoms with Gasteiger partial charge in [-0.15, -0.1) is 0 Å². The molecule has 0 unspecified atom stereocenters. The molecule has 0 fully saturated rings. The smallest absolute Gasteiger partial charge is 0.0212 e. The Balaban J connectivity index is 2.10. The SMILES string of the molecule is N=C([O-])CSCc1ccc2ccccc2c1. The van der Waals surface area contributed by atoms with Gasteiger partial charge in [0.05, 0.1) is 0 Å². The lowest BCUT2D eigenvalue weighted by atomic mass is 10.1. The van der Waals surface area contributed by atoms with Gasteiger partial charge in [-0.1, -0.05) is 42.5 Å². The van der Waals surface area contributed by atoms with Crippen molar-refractivity contribution in [3.63, 3.8) is 0 Å². The molecular formula is C13H12NOS-. The quantitative estimate of drug-likeness (QED) is 0.647. The molecule has 0 aromatic heterocycles. The summed E-state index contributed by atoms with van der Waals surface area (Å²) in [6, 6.07) is 14.5. The molecule has 0 aliphatic heterocycles. The third-order valence-corrected chi connectivity index (χ3v) is 3.32. The molecule has 0 atom stereocenters. The molecule has 0 amide bonds. The number of nitrogens with one attached hydrogen (secondary N) is 1. The van der Waals surface area contributed by atoms with E-state index in [1.54, 1.807) is 0 Å². The van der Waals surface area contributed by atoms with Crippen LogP contribution in [0.1, 0.15) is 5.56 Å². The van der Waals surface area contributed by atoms with Crippen molar-refractivity contribution in [2.45, 2.75) is 5.75 Å². The minimum Gasteiger partial charge on any atom is -0.862 e. The molecule has 0 saturated carbocycles. The molecule has 0 bridgehead atoms. The topological polar surface area (TPSA) is 46.9 Å². The van der Waals surface area contributed by atoms with Crippen LogP contribution in [-0.2, 0) is 5.75 Å². The van der Waals surface area contributed by atoms with E-state index in [2.05, 4.69) is 30.3 Å². The molecule has 2 aromatic rings. The lowest BCUT2D eigenvalue weighted by Gasteiger charge is -2.07. The third kappa shape index (κ3) is 2.76. The monoisotopic (exact) mass is 230 g/mol. The van der Waals surface area contributed by atoms with Gasteiger partial charge in [-0.25, -0.2) is 0 Å². The molecule has 0 aliphatic rings. The second-order valence-electron chi connectivity index (χ2n) is 3.60. The van der Waals surface area contributed by atoms with Crippen molar-refractivity contribution < 1.29 is 5.11 Å². The first kappa shape index (κ1) is 11.0. The van der Waals surface area contributed by atoms with E-state index in [1.807, 2.05) is 12.1 Å². The lowest BCUT2D eigenvalue weighted by molar-refractivity contribution is -0.216. The van der Waals surface area contributed by atoms with Crippen LogP contribution in [0.25, 0.3) is 10.8 Å². The van der Waals surface area contributed by atoms with Gasteiger partial charge in [0.15, 0.2) is 0 Å². The maximum absolute atomic E-state index is 10.5. The molecule has 2 rings (SSSR count). The average molecular weight is 230 g/mol.